The first-order valence-corrected chi connectivity index (χ1v) is 33.5. The van der Waals surface area contributed by atoms with Gasteiger partial charge in [-0.05, 0) is 81.2 Å². The lowest BCUT2D eigenvalue weighted by Gasteiger charge is -2.31. The van der Waals surface area contributed by atoms with Crippen molar-refractivity contribution in [3.63, 3.8) is 0 Å². The van der Waals surface area contributed by atoms with Crippen LogP contribution in [0, 0.1) is 0 Å². The molecule has 5 atom stereocenters. The number of anilines is 1. The number of hydrazine groups is 1. The van der Waals surface area contributed by atoms with Gasteiger partial charge in [-0.2, -0.15) is 0 Å². The number of ketones is 1. The summed E-state index contributed by atoms with van der Waals surface area (Å²) in [5, 5.41) is 49.6. The van der Waals surface area contributed by atoms with Crippen molar-refractivity contribution < 1.29 is 115 Å². The quantitative estimate of drug-likeness (QED) is 0.0167. The van der Waals surface area contributed by atoms with Gasteiger partial charge >= 0.3 is 39.4 Å². The highest BCUT2D eigenvalue weighted by Crippen LogP contribution is 2.39. The average Bonchev–Trinajstić information content (AvgIpc) is 0.773. The molecule has 0 radical (unpaired) electrons. The molecule has 15 N–H and O–H groups in total. The third kappa shape index (κ3) is 30.7. The molecule has 1 aliphatic rings. The van der Waals surface area contributed by atoms with Crippen LogP contribution < -0.4 is 42.5 Å². The van der Waals surface area contributed by atoms with Crippen molar-refractivity contribution in [2.45, 2.75) is 128 Å². The van der Waals surface area contributed by atoms with Crippen LogP contribution in [0.3, 0.4) is 0 Å². The number of hydrogen-bond acceptors (Lipinski definition) is 20. The molecule has 520 valence electrons. The molecule has 0 spiro atoms. The van der Waals surface area contributed by atoms with Crippen LogP contribution in [0.1, 0.15) is 123 Å². The summed E-state index contributed by atoms with van der Waals surface area (Å²) in [6, 6.07) is 16.5. The van der Waals surface area contributed by atoms with Gasteiger partial charge in [0.05, 0.1) is 89.7 Å². The molecule has 1 heterocycles. The Morgan fingerprint density at radius 2 is 1.15 bits per heavy atom. The number of nitrogens with one attached hydrogen (secondary N) is 6. The number of unbranched alkanes of at least 4 members (excludes halogenated alkanes) is 2. The number of nitrogens with zero attached hydrogens (tertiary/aromatic N) is 1. The normalized spacial score (nSPS) is 14.9. The lowest BCUT2D eigenvalue weighted by atomic mass is 9.95. The van der Waals surface area contributed by atoms with E-state index in [2.05, 4.69) is 31.2 Å². The number of para-hydroxylation sites is 1. The van der Waals surface area contributed by atoms with Gasteiger partial charge in [0, 0.05) is 67.8 Å². The molecule has 4 unspecified atom stereocenters. The molecule has 0 fully saturated rings. The number of nitrogens with two attached hydrogens (primary N) is 1. The SMILES string of the molecule is C[C@H](CCCOP(=O)(O)NC(CCC(=O)O)C(=O)O)NC(=O)CCC(NC(=O)CCOCCOCCOCCOCCC(=O)CCC(=O)N1Cc2ccccc2/C(NCCCCCc2ccc(C(=O)NC(COP(=O)(O)O)C(=O)O)cc2)=C(/NN)c2ccccc21)C(=O)O. The number of carboxylic acid groups (broad SMARTS) is 4. The van der Waals surface area contributed by atoms with Crippen LogP contribution in [0.4, 0.5) is 5.69 Å². The second-order valence-electron chi connectivity index (χ2n) is 21.5. The predicted octanol–water partition coefficient (Wildman–Crippen LogP) is 2.97. The standard InChI is InChI=1S/C60H86N8O24P2/c1-40(10-9-29-91-93(82,83)67-48(59(78)79)22-25-54(73)74)63-51(70)23-21-47(58(76)77)64-52(71)27-31-88-33-35-90-37-36-89-34-32-87-30-26-44(69)20-24-53(72)68-38-43-12-4-5-13-45(43)55(56(66-61)46-14-6-7-15-50(46)68)62-28-8-2-3-11-41-16-18-42(19-17-41)57(75)65-49(60(80)81)39-92-94(84,85)86/h4-7,12-19,40,47-49,62,66H,2-3,8-11,20-39,61H2,1H3,(H,63,70)(H,64,71)(H,65,75)(H,73,74)(H,76,77)(H,78,79)(H,80,81)(H2,67,82,83)(H2,84,85,86)/b56-55-/t40-,47?,48?,49?/m1/s1. The molecule has 32 nitrogen and oxygen atoms in total. The van der Waals surface area contributed by atoms with Crippen molar-refractivity contribution in [3.8, 4) is 0 Å². The minimum absolute atomic E-state index is 0.000375. The van der Waals surface area contributed by atoms with Crippen molar-refractivity contribution in [1.29, 1.82) is 0 Å². The maximum atomic E-state index is 14.0. The molecule has 3 aromatic rings. The minimum Gasteiger partial charge on any atom is -0.481 e. The zero-order valence-electron chi connectivity index (χ0n) is 52.1. The highest BCUT2D eigenvalue weighted by Gasteiger charge is 2.31. The van der Waals surface area contributed by atoms with Crippen LogP contribution in [0.15, 0.2) is 72.8 Å². The van der Waals surface area contributed by atoms with Gasteiger partial charge in [-0.25, -0.2) is 23.8 Å². The van der Waals surface area contributed by atoms with E-state index in [1.807, 2.05) is 53.6 Å². The summed E-state index contributed by atoms with van der Waals surface area (Å²) in [5.41, 5.74) is 8.28. The number of rotatable bonds is 49. The van der Waals surface area contributed by atoms with Crippen LogP contribution >= 0.6 is 15.6 Å². The lowest BCUT2D eigenvalue weighted by molar-refractivity contribution is -0.142. The van der Waals surface area contributed by atoms with Crippen molar-refractivity contribution in [3.05, 3.63) is 101 Å². The largest absolute Gasteiger partial charge is 0.481 e. The second-order valence-corrected chi connectivity index (χ2v) is 24.3. The molecule has 0 bridgehead atoms. The van der Waals surface area contributed by atoms with Crippen LogP contribution in [0.5, 0.6) is 0 Å². The topological polar surface area (TPSA) is 486 Å². The van der Waals surface area contributed by atoms with Gasteiger partial charge in [-0.1, -0.05) is 61.0 Å². The number of aryl methyl sites for hydroxylation is 1. The number of carboxylic acids is 4. The van der Waals surface area contributed by atoms with Gasteiger partial charge in [0.1, 0.15) is 17.9 Å². The number of ether oxygens (including phenoxy) is 4. The van der Waals surface area contributed by atoms with Crippen LogP contribution in [-0.2, 0) is 88.4 Å². The van der Waals surface area contributed by atoms with Crippen molar-refractivity contribution in [2.24, 2.45) is 5.84 Å². The van der Waals surface area contributed by atoms with Crippen molar-refractivity contribution in [2.75, 3.05) is 77.5 Å². The summed E-state index contributed by atoms with van der Waals surface area (Å²) in [5.74, 6) is -1.69. The number of phosphoric ester groups is 1. The first kappa shape index (κ1) is 78.9. The Kier molecular flexibility index (Phi) is 35.3. The van der Waals surface area contributed by atoms with Crippen LogP contribution in [-0.4, -0.2) is 185 Å². The van der Waals surface area contributed by atoms with Gasteiger partial charge in [-0.3, -0.25) is 48.5 Å². The number of amides is 4. The number of benzene rings is 3. The molecule has 4 rings (SSSR count). The Labute approximate surface area is 542 Å². The zero-order valence-corrected chi connectivity index (χ0v) is 53.9. The summed E-state index contributed by atoms with van der Waals surface area (Å²) >= 11 is 0. The Morgan fingerprint density at radius 1 is 0.564 bits per heavy atom. The Hall–Kier alpha value is -7.55. The van der Waals surface area contributed by atoms with E-state index in [4.69, 9.17) is 44.2 Å². The third-order valence-electron chi connectivity index (χ3n) is 14.2. The zero-order chi connectivity index (χ0) is 69.1. The van der Waals surface area contributed by atoms with Crippen molar-refractivity contribution >= 4 is 85.9 Å². The smallest absolute Gasteiger partial charge is 0.469 e. The number of aliphatic carboxylic acids is 4. The van der Waals surface area contributed by atoms with Crippen LogP contribution in [0.25, 0.3) is 11.4 Å². The molecule has 1 aliphatic heterocycles. The molecule has 94 heavy (non-hydrogen) atoms. The minimum atomic E-state index is -4.95. The fourth-order valence-corrected chi connectivity index (χ4v) is 10.7. The molecule has 4 amide bonds. The first-order valence-electron chi connectivity index (χ1n) is 30.4. The van der Waals surface area contributed by atoms with Crippen LogP contribution in [0.2, 0.25) is 0 Å². The third-order valence-corrected chi connectivity index (χ3v) is 15.8. The van der Waals surface area contributed by atoms with Gasteiger partial charge in [0.2, 0.25) is 17.7 Å². The maximum Gasteiger partial charge on any atom is 0.469 e. The summed E-state index contributed by atoms with van der Waals surface area (Å²) in [6.07, 6.45) is 1.97. The molecule has 0 aromatic heterocycles. The van der Waals surface area contributed by atoms with E-state index < -0.39 is 101 Å². The molecular formula is C60H86N8O24P2. The number of hydrogen-bond donors (Lipinski definition) is 14. The average molecular weight is 1370 g/mol. The van der Waals surface area contributed by atoms with E-state index in [9.17, 15) is 72.5 Å². The van der Waals surface area contributed by atoms with Crippen molar-refractivity contribution in [1.82, 2.24) is 31.8 Å². The number of Topliss-reactive ketones (excluding diaryl/α,β-unsaturated/α-hetero) is 1. The second kappa shape index (κ2) is 42.0. The Bertz CT molecular complexity index is 3110. The van der Waals surface area contributed by atoms with Gasteiger partial charge in [0.25, 0.3) is 5.91 Å². The van der Waals surface area contributed by atoms with E-state index in [-0.39, 0.29) is 135 Å². The van der Waals surface area contributed by atoms with E-state index in [1.54, 1.807) is 24.0 Å². The van der Waals surface area contributed by atoms with E-state index in [0.29, 0.717) is 29.9 Å². The maximum absolute atomic E-state index is 14.0. The molecule has 0 aliphatic carbocycles. The summed E-state index contributed by atoms with van der Waals surface area (Å²) in [6.45, 7) is 2.56. The number of phosphoric acid groups is 1. The molecular weight excluding hydrogens is 1280 g/mol. The molecule has 0 saturated carbocycles. The fraction of sp³-hybridized carbons (Fsp3) is 0.517. The molecule has 0 saturated heterocycles. The summed E-state index contributed by atoms with van der Waals surface area (Å²) in [7, 11) is -9.54. The van der Waals surface area contributed by atoms with E-state index >= 15 is 0 Å². The molecule has 3 aromatic carbocycles. The van der Waals surface area contributed by atoms with Gasteiger partial charge < -0.3 is 85.6 Å². The Balaban J connectivity index is 1.06. The predicted molar refractivity (Wildman–Crippen MR) is 337 cm³/mol. The van der Waals surface area contributed by atoms with Gasteiger partial charge in [0.15, 0.2) is 6.04 Å². The monoisotopic (exact) mass is 1360 g/mol. The number of carbonyl (C=O) groups excluding carboxylic acids is 5. The first-order chi connectivity index (χ1) is 44.8. The fourth-order valence-electron chi connectivity index (χ4n) is 9.32. The Morgan fingerprint density at radius 3 is 1.77 bits per heavy atom. The lowest BCUT2D eigenvalue weighted by Crippen LogP contribution is -2.43. The highest BCUT2D eigenvalue weighted by molar-refractivity contribution is 7.50. The van der Waals surface area contributed by atoms with Gasteiger partial charge in [-0.15, -0.1) is 0 Å². The van der Waals surface area contributed by atoms with E-state index in [0.717, 1.165) is 41.6 Å². The summed E-state index contributed by atoms with van der Waals surface area (Å²) in [4.78, 5) is 139. The summed E-state index contributed by atoms with van der Waals surface area (Å²) < 4.78 is 54.4. The molecule has 34 heteroatoms. The highest BCUT2D eigenvalue weighted by atomic mass is 31.2. The number of fused-ring (bicyclic) bond motifs is 2. The number of carbonyl (C=O) groups is 9. The van der Waals surface area contributed by atoms with E-state index in [1.165, 1.54) is 12.1 Å².